The minimum Gasteiger partial charge on any atom is -0.480 e. The van der Waals surface area contributed by atoms with E-state index in [1.165, 1.54) is 13.8 Å². The highest BCUT2D eigenvalue weighted by atomic mass is 32.2. The number of primary sulfonamides is 1. The molecule has 9 heteroatoms. The number of hydrogen-bond donors (Lipinski definition) is 4. The summed E-state index contributed by atoms with van der Waals surface area (Å²) in [5.74, 6) is -1.41. The molecule has 0 fully saturated rings. The van der Waals surface area contributed by atoms with E-state index >= 15 is 0 Å². The summed E-state index contributed by atoms with van der Waals surface area (Å²) >= 11 is 0. The Morgan fingerprint density at radius 2 is 1.88 bits per heavy atom. The molecular formula is C8H17N3O5S. The van der Waals surface area contributed by atoms with Gasteiger partial charge in [0.1, 0.15) is 5.54 Å². The predicted octanol–water partition coefficient (Wildman–Crippen LogP) is -1.17. The quantitative estimate of drug-likeness (QED) is 0.449. The maximum absolute atomic E-state index is 11.2. The highest BCUT2D eigenvalue weighted by Crippen LogP contribution is 2.00. The van der Waals surface area contributed by atoms with E-state index < -0.39 is 27.6 Å². The smallest absolute Gasteiger partial charge is 0.328 e. The van der Waals surface area contributed by atoms with Crippen LogP contribution in [0.25, 0.3) is 0 Å². The highest BCUT2D eigenvalue weighted by Gasteiger charge is 2.28. The summed E-state index contributed by atoms with van der Waals surface area (Å²) in [6.45, 7) is 2.76. The molecule has 0 rings (SSSR count). The summed E-state index contributed by atoms with van der Waals surface area (Å²) < 4.78 is 21.1. The fraction of sp³-hybridized carbons (Fsp3) is 0.750. The number of aliphatic carboxylic acids is 1. The number of nitrogens with two attached hydrogens (primary N) is 1. The van der Waals surface area contributed by atoms with Gasteiger partial charge in [0.2, 0.25) is 10.0 Å². The zero-order valence-corrected chi connectivity index (χ0v) is 10.5. The van der Waals surface area contributed by atoms with Crippen LogP contribution in [0.5, 0.6) is 0 Å². The number of sulfonamides is 1. The van der Waals surface area contributed by atoms with Crippen molar-refractivity contribution in [2.45, 2.75) is 25.8 Å². The van der Waals surface area contributed by atoms with Gasteiger partial charge in [-0.3, -0.25) is 0 Å². The molecule has 0 heterocycles. The lowest BCUT2D eigenvalue weighted by Crippen LogP contribution is -2.53. The van der Waals surface area contributed by atoms with Gasteiger partial charge in [-0.25, -0.2) is 23.1 Å². The van der Waals surface area contributed by atoms with E-state index in [1.54, 1.807) is 0 Å². The molecule has 0 bridgehead atoms. The second-order valence-corrected chi connectivity index (χ2v) is 5.77. The maximum Gasteiger partial charge on any atom is 0.328 e. The van der Waals surface area contributed by atoms with Gasteiger partial charge in [-0.2, -0.15) is 0 Å². The first-order valence-corrected chi connectivity index (χ1v) is 6.56. The number of carbonyl (C=O) groups is 2. The number of carboxylic acid groups (broad SMARTS) is 1. The van der Waals surface area contributed by atoms with Gasteiger partial charge in [0.05, 0.1) is 5.75 Å². The first-order valence-electron chi connectivity index (χ1n) is 4.84. The average molecular weight is 267 g/mol. The molecule has 0 aliphatic rings. The lowest BCUT2D eigenvalue weighted by Gasteiger charge is -2.21. The molecule has 8 nitrogen and oxygen atoms in total. The molecule has 0 aromatic carbocycles. The number of amides is 2. The van der Waals surface area contributed by atoms with E-state index in [2.05, 4.69) is 10.6 Å². The molecular weight excluding hydrogens is 250 g/mol. The fourth-order valence-corrected chi connectivity index (χ4v) is 1.40. The van der Waals surface area contributed by atoms with E-state index in [0.717, 1.165) is 0 Å². The SMILES string of the molecule is CC(C)(NC(=O)NCCCS(N)(=O)=O)C(=O)O. The Labute approximate surface area is 99.6 Å². The molecule has 0 atom stereocenters. The standard InChI is InChI=1S/C8H17N3O5S/c1-8(2,6(12)13)11-7(14)10-4-3-5-17(9,15)16/h3-5H2,1-2H3,(H,12,13)(H2,9,15,16)(H2,10,11,14). The van der Waals surface area contributed by atoms with Crippen LogP contribution < -0.4 is 15.8 Å². The number of nitrogens with one attached hydrogen (secondary N) is 2. The van der Waals surface area contributed by atoms with Crippen molar-refractivity contribution in [3.63, 3.8) is 0 Å². The third kappa shape index (κ3) is 7.53. The minimum atomic E-state index is -3.54. The molecule has 17 heavy (non-hydrogen) atoms. The van der Waals surface area contributed by atoms with Crippen molar-refractivity contribution in [1.29, 1.82) is 0 Å². The van der Waals surface area contributed by atoms with Crippen LogP contribution in [-0.4, -0.2) is 43.4 Å². The molecule has 2 amide bonds. The lowest BCUT2D eigenvalue weighted by molar-refractivity contribution is -0.142. The van der Waals surface area contributed by atoms with Gasteiger partial charge >= 0.3 is 12.0 Å². The molecule has 0 spiro atoms. The number of urea groups is 1. The molecule has 5 N–H and O–H groups in total. The average Bonchev–Trinajstić information content (AvgIpc) is 2.10. The third-order valence-electron chi connectivity index (χ3n) is 1.85. The molecule has 0 saturated heterocycles. The molecule has 0 aliphatic heterocycles. The Balaban J connectivity index is 3.94. The minimum absolute atomic E-state index is 0.0952. The van der Waals surface area contributed by atoms with Gasteiger partial charge in [0, 0.05) is 6.54 Å². The van der Waals surface area contributed by atoms with Crippen molar-refractivity contribution in [2.75, 3.05) is 12.3 Å². The first kappa shape index (κ1) is 15.7. The van der Waals surface area contributed by atoms with Gasteiger partial charge in [-0.05, 0) is 20.3 Å². The highest BCUT2D eigenvalue weighted by molar-refractivity contribution is 7.89. The summed E-state index contributed by atoms with van der Waals surface area (Å²) in [7, 11) is -3.54. The summed E-state index contributed by atoms with van der Waals surface area (Å²) in [4.78, 5) is 21.9. The van der Waals surface area contributed by atoms with Crippen molar-refractivity contribution in [2.24, 2.45) is 5.14 Å². The lowest BCUT2D eigenvalue weighted by atomic mass is 10.1. The number of carboxylic acids is 1. The third-order valence-corrected chi connectivity index (χ3v) is 2.71. The maximum atomic E-state index is 11.2. The Morgan fingerprint density at radius 1 is 1.35 bits per heavy atom. The second-order valence-electron chi connectivity index (χ2n) is 4.03. The van der Waals surface area contributed by atoms with Crippen LogP contribution in [0.1, 0.15) is 20.3 Å². The summed E-state index contributed by atoms with van der Waals surface area (Å²) in [6, 6.07) is -0.674. The van der Waals surface area contributed by atoms with E-state index in [9.17, 15) is 18.0 Å². The largest absolute Gasteiger partial charge is 0.480 e. The van der Waals surface area contributed by atoms with E-state index in [1.807, 2.05) is 0 Å². The van der Waals surface area contributed by atoms with Gasteiger partial charge in [0.15, 0.2) is 0 Å². The zero-order valence-electron chi connectivity index (χ0n) is 9.69. The van der Waals surface area contributed by atoms with Crippen molar-refractivity contribution >= 4 is 22.0 Å². The number of rotatable bonds is 6. The Morgan fingerprint density at radius 3 is 2.29 bits per heavy atom. The molecule has 0 unspecified atom stereocenters. The zero-order chi connectivity index (χ0) is 13.7. The normalized spacial score (nSPS) is 11.9. The van der Waals surface area contributed by atoms with Crippen molar-refractivity contribution in [3.8, 4) is 0 Å². The van der Waals surface area contributed by atoms with Crippen molar-refractivity contribution in [3.05, 3.63) is 0 Å². The van der Waals surface area contributed by atoms with E-state index in [4.69, 9.17) is 10.2 Å². The van der Waals surface area contributed by atoms with Crippen LogP contribution in [0, 0.1) is 0 Å². The first-order chi connectivity index (χ1) is 7.54. The van der Waals surface area contributed by atoms with Crippen molar-refractivity contribution < 1.29 is 23.1 Å². The van der Waals surface area contributed by atoms with E-state index in [0.29, 0.717) is 0 Å². The van der Waals surface area contributed by atoms with Crippen LogP contribution in [0.3, 0.4) is 0 Å². The molecule has 0 radical (unpaired) electrons. The molecule has 100 valence electrons. The van der Waals surface area contributed by atoms with Crippen LogP contribution in [0.15, 0.2) is 0 Å². The molecule has 0 aromatic rings. The van der Waals surface area contributed by atoms with Crippen LogP contribution in [0.2, 0.25) is 0 Å². The molecule has 0 aliphatic carbocycles. The van der Waals surface area contributed by atoms with Crippen LogP contribution in [0.4, 0.5) is 4.79 Å². The van der Waals surface area contributed by atoms with Crippen molar-refractivity contribution in [1.82, 2.24) is 10.6 Å². The Hall–Kier alpha value is -1.35. The molecule has 0 saturated carbocycles. The fourth-order valence-electron chi connectivity index (χ4n) is 0.857. The van der Waals surface area contributed by atoms with Crippen LogP contribution >= 0.6 is 0 Å². The Bertz CT molecular complexity index is 390. The van der Waals surface area contributed by atoms with Gasteiger partial charge in [0.25, 0.3) is 0 Å². The van der Waals surface area contributed by atoms with Gasteiger partial charge < -0.3 is 15.7 Å². The van der Waals surface area contributed by atoms with Gasteiger partial charge in [-0.1, -0.05) is 0 Å². The summed E-state index contributed by atoms with van der Waals surface area (Å²) in [5.41, 5.74) is -1.38. The monoisotopic (exact) mass is 267 g/mol. The van der Waals surface area contributed by atoms with E-state index in [-0.39, 0.29) is 18.7 Å². The predicted molar refractivity (Wildman–Crippen MR) is 60.8 cm³/mol. The Kier molecular flexibility index (Phi) is 5.36. The van der Waals surface area contributed by atoms with Crippen LogP contribution in [-0.2, 0) is 14.8 Å². The molecule has 0 aromatic heterocycles. The van der Waals surface area contributed by atoms with Gasteiger partial charge in [-0.15, -0.1) is 0 Å². The number of carbonyl (C=O) groups excluding carboxylic acids is 1. The second kappa shape index (κ2) is 5.82. The summed E-state index contributed by atoms with van der Waals surface area (Å²) in [5, 5.41) is 18.0. The summed E-state index contributed by atoms with van der Waals surface area (Å²) in [6.07, 6.45) is 0.166. The number of hydrogen-bond acceptors (Lipinski definition) is 4. The topological polar surface area (TPSA) is 139 Å².